The predicted molar refractivity (Wildman–Crippen MR) is 134 cm³/mol. The molecule has 1 aliphatic rings. The van der Waals surface area contributed by atoms with Gasteiger partial charge in [0, 0.05) is 17.5 Å². The van der Waals surface area contributed by atoms with Crippen LogP contribution in [0.4, 0.5) is 0 Å². The smallest absolute Gasteiger partial charge is 0.263 e. The van der Waals surface area contributed by atoms with Crippen LogP contribution in [-0.2, 0) is 30.6 Å². The summed E-state index contributed by atoms with van der Waals surface area (Å²) < 4.78 is 1.73. The molecular formula is C25H31N3O2S2. The van der Waals surface area contributed by atoms with Crippen LogP contribution in [0.3, 0.4) is 0 Å². The van der Waals surface area contributed by atoms with Gasteiger partial charge in [-0.25, -0.2) is 4.98 Å². The molecule has 0 fully saturated rings. The van der Waals surface area contributed by atoms with Gasteiger partial charge in [0.15, 0.2) is 5.16 Å². The largest absolute Gasteiger partial charge is 0.353 e. The van der Waals surface area contributed by atoms with E-state index in [1.54, 1.807) is 15.9 Å². The summed E-state index contributed by atoms with van der Waals surface area (Å²) in [6.07, 6.45) is 6.16. The Balaban J connectivity index is 1.46. The zero-order valence-electron chi connectivity index (χ0n) is 19.0. The number of nitrogens with one attached hydrogen (secondary N) is 1. The molecule has 2 aromatic heterocycles. The molecule has 170 valence electrons. The van der Waals surface area contributed by atoms with Gasteiger partial charge in [-0.1, -0.05) is 42.1 Å². The number of aromatic nitrogens is 2. The van der Waals surface area contributed by atoms with Crippen LogP contribution >= 0.6 is 23.1 Å². The number of amides is 1. The molecule has 0 aliphatic heterocycles. The fourth-order valence-corrected chi connectivity index (χ4v) is 6.54. The van der Waals surface area contributed by atoms with Crippen LogP contribution in [0.15, 0.2) is 40.3 Å². The third-order valence-electron chi connectivity index (χ3n) is 6.10. The van der Waals surface area contributed by atoms with Gasteiger partial charge in [-0.15, -0.1) is 11.3 Å². The molecule has 2 heterocycles. The molecule has 0 radical (unpaired) electrons. The maximum absolute atomic E-state index is 13.3. The second-order valence-electron chi connectivity index (χ2n) is 8.53. The van der Waals surface area contributed by atoms with Crippen LogP contribution in [-0.4, -0.2) is 26.8 Å². The van der Waals surface area contributed by atoms with Crippen molar-refractivity contribution in [2.75, 3.05) is 0 Å². The number of fused-ring (bicyclic) bond motifs is 3. The molecule has 1 N–H and O–H groups in total. The lowest BCUT2D eigenvalue weighted by molar-refractivity contribution is -0.120. The molecule has 3 aromatic rings. The Kier molecular flexibility index (Phi) is 7.36. The molecule has 0 spiro atoms. The Morgan fingerprint density at radius 2 is 1.97 bits per heavy atom. The first kappa shape index (κ1) is 23.1. The molecule has 2 atom stereocenters. The normalized spacial score (nSPS) is 15.3. The average molecular weight is 470 g/mol. The predicted octanol–water partition coefficient (Wildman–Crippen LogP) is 4.97. The summed E-state index contributed by atoms with van der Waals surface area (Å²) >= 11 is 3.04. The van der Waals surface area contributed by atoms with Gasteiger partial charge in [0.1, 0.15) is 4.83 Å². The van der Waals surface area contributed by atoms with Crippen molar-refractivity contribution in [1.29, 1.82) is 0 Å². The summed E-state index contributed by atoms with van der Waals surface area (Å²) in [5.41, 5.74) is 2.54. The van der Waals surface area contributed by atoms with Crippen molar-refractivity contribution in [3.05, 3.63) is 56.7 Å². The standard InChI is InChI=1S/C25H31N3O2S2/c1-4-28-24(30)21-19-12-8-9-13-20(19)32-23(21)27-25(28)31-17(3)22(29)26-16(2)14-15-18-10-6-5-7-11-18/h5-7,10-11,16-17H,4,8-9,12-15H2,1-3H3,(H,26,29)/t16-,17-/m1/s1. The number of thiophene rings is 1. The number of carbonyl (C=O) groups is 1. The highest BCUT2D eigenvalue weighted by Crippen LogP contribution is 2.35. The quantitative estimate of drug-likeness (QED) is 0.373. The second-order valence-corrected chi connectivity index (χ2v) is 10.9. The van der Waals surface area contributed by atoms with Crippen LogP contribution in [0.1, 0.15) is 56.0 Å². The molecule has 0 saturated heterocycles. The van der Waals surface area contributed by atoms with Crippen molar-refractivity contribution in [3.63, 3.8) is 0 Å². The monoisotopic (exact) mass is 469 g/mol. The van der Waals surface area contributed by atoms with Gasteiger partial charge >= 0.3 is 0 Å². The van der Waals surface area contributed by atoms with Gasteiger partial charge in [0.2, 0.25) is 5.91 Å². The number of benzene rings is 1. The van der Waals surface area contributed by atoms with E-state index >= 15 is 0 Å². The topological polar surface area (TPSA) is 64.0 Å². The van der Waals surface area contributed by atoms with Gasteiger partial charge in [-0.3, -0.25) is 14.2 Å². The van der Waals surface area contributed by atoms with Crippen LogP contribution in [0.5, 0.6) is 0 Å². The summed E-state index contributed by atoms with van der Waals surface area (Å²) in [5.74, 6) is -0.0157. The number of rotatable bonds is 8. The van der Waals surface area contributed by atoms with E-state index in [0.717, 1.165) is 42.3 Å². The highest BCUT2D eigenvalue weighted by atomic mass is 32.2. The number of hydrogen-bond acceptors (Lipinski definition) is 5. The Morgan fingerprint density at radius 1 is 1.22 bits per heavy atom. The van der Waals surface area contributed by atoms with Gasteiger partial charge in [-0.05, 0) is 70.4 Å². The molecule has 4 rings (SSSR count). The fraction of sp³-hybridized carbons (Fsp3) is 0.480. The molecule has 0 unspecified atom stereocenters. The molecule has 0 saturated carbocycles. The van der Waals surface area contributed by atoms with Crippen molar-refractivity contribution in [2.45, 2.75) is 82.3 Å². The Morgan fingerprint density at radius 3 is 2.72 bits per heavy atom. The lowest BCUT2D eigenvalue weighted by Gasteiger charge is -2.18. The van der Waals surface area contributed by atoms with Gasteiger partial charge in [0.05, 0.1) is 10.6 Å². The van der Waals surface area contributed by atoms with Crippen LogP contribution < -0.4 is 10.9 Å². The van der Waals surface area contributed by atoms with E-state index in [-0.39, 0.29) is 22.8 Å². The van der Waals surface area contributed by atoms with Crippen molar-refractivity contribution < 1.29 is 4.79 Å². The van der Waals surface area contributed by atoms with Gasteiger partial charge in [-0.2, -0.15) is 0 Å². The summed E-state index contributed by atoms with van der Waals surface area (Å²) in [6.45, 7) is 6.45. The summed E-state index contributed by atoms with van der Waals surface area (Å²) in [6, 6.07) is 10.4. The third-order valence-corrected chi connectivity index (χ3v) is 8.38. The second kappa shape index (κ2) is 10.2. The first-order chi connectivity index (χ1) is 15.5. The van der Waals surface area contributed by atoms with Crippen LogP contribution in [0.2, 0.25) is 0 Å². The van der Waals surface area contributed by atoms with Crippen molar-refractivity contribution in [1.82, 2.24) is 14.9 Å². The van der Waals surface area contributed by atoms with Crippen LogP contribution in [0.25, 0.3) is 10.2 Å². The minimum atomic E-state index is -0.328. The molecule has 1 amide bonds. The number of thioether (sulfide) groups is 1. The minimum Gasteiger partial charge on any atom is -0.353 e. The van der Waals surface area contributed by atoms with E-state index in [1.165, 1.54) is 34.2 Å². The Hall–Kier alpha value is -2.12. The van der Waals surface area contributed by atoms with Crippen molar-refractivity contribution in [3.8, 4) is 0 Å². The van der Waals surface area contributed by atoms with Crippen LogP contribution in [0, 0.1) is 0 Å². The van der Waals surface area contributed by atoms with Crippen molar-refractivity contribution in [2.24, 2.45) is 0 Å². The average Bonchev–Trinajstić information content (AvgIpc) is 3.17. The van der Waals surface area contributed by atoms with E-state index in [4.69, 9.17) is 4.98 Å². The summed E-state index contributed by atoms with van der Waals surface area (Å²) in [5, 5.41) is 4.25. The zero-order chi connectivity index (χ0) is 22.7. The Labute approximate surface area is 197 Å². The van der Waals surface area contributed by atoms with E-state index in [9.17, 15) is 9.59 Å². The first-order valence-corrected chi connectivity index (χ1v) is 13.2. The molecule has 32 heavy (non-hydrogen) atoms. The lowest BCUT2D eigenvalue weighted by Crippen LogP contribution is -2.38. The maximum Gasteiger partial charge on any atom is 0.263 e. The molecule has 1 aromatic carbocycles. The molecule has 1 aliphatic carbocycles. The highest BCUT2D eigenvalue weighted by molar-refractivity contribution is 8.00. The molecule has 7 heteroatoms. The Bertz CT molecular complexity index is 1150. The zero-order valence-corrected chi connectivity index (χ0v) is 20.7. The number of aryl methyl sites for hydroxylation is 3. The molecular weight excluding hydrogens is 438 g/mol. The van der Waals surface area contributed by atoms with E-state index in [1.807, 2.05) is 39.0 Å². The van der Waals surface area contributed by atoms with Gasteiger partial charge < -0.3 is 5.32 Å². The summed E-state index contributed by atoms with van der Waals surface area (Å²) in [4.78, 5) is 33.1. The van der Waals surface area contributed by atoms with E-state index in [0.29, 0.717) is 11.7 Å². The number of nitrogens with zero attached hydrogens (tertiary/aromatic N) is 2. The van der Waals surface area contributed by atoms with Crippen molar-refractivity contribution >= 4 is 39.2 Å². The van der Waals surface area contributed by atoms with Gasteiger partial charge in [0.25, 0.3) is 5.56 Å². The fourth-order valence-electron chi connectivity index (χ4n) is 4.26. The minimum absolute atomic E-state index is 0.0157. The SMILES string of the molecule is CCn1c(S[C@H](C)C(=O)N[C@H](C)CCc2ccccc2)nc2sc3c(c2c1=O)CCCC3. The first-order valence-electron chi connectivity index (χ1n) is 11.5. The maximum atomic E-state index is 13.3. The number of carbonyl (C=O) groups excluding carboxylic acids is 1. The molecule has 0 bridgehead atoms. The lowest BCUT2D eigenvalue weighted by atomic mass is 9.97. The number of hydrogen-bond donors (Lipinski definition) is 1. The summed E-state index contributed by atoms with van der Waals surface area (Å²) in [7, 11) is 0. The van der Waals surface area contributed by atoms with E-state index < -0.39 is 0 Å². The highest BCUT2D eigenvalue weighted by Gasteiger charge is 2.24. The third kappa shape index (κ3) is 4.94. The van der Waals surface area contributed by atoms with E-state index in [2.05, 4.69) is 17.4 Å². The molecule has 5 nitrogen and oxygen atoms in total.